The van der Waals surface area contributed by atoms with Gasteiger partial charge in [-0.1, -0.05) is 0 Å². The second-order valence-electron chi connectivity index (χ2n) is 3.86. The van der Waals surface area contributed by atoms with E-state index in [0.29, 0.717) is 0 Å². The van der Waals surface area contributed by atoms with Gasteiger partial charge in [-0.25, -0.2) is 0 Å². The summed E-state index contributed by atoms with van der Waals surface area (Å²) in [4.78, 5) is 2.20. The number of furan rings is 1. The number of aryl methyl sites for hydroxylation is 3. The second-order valence-corrected chi connectivity index (χ2v) is 3.86. The molecule has 0 saturated heterocycles. The summed E-state index contributed by atoms with van der Waals surface area (Å²) in [5.74, 6) is 2.18. The molecule has 0 N–H and O–H groups in total. The van der Waals surface area contributed by atoms with Crippen molar-refractivity contribution < 1.29 is 4.42 Å². The van der Waals surface area contributed by atoms with E-state index >= 15 is 0 Å². The van der Waals surface area contributed by atoms with Crippen LogP contribution in [-0.4, -0.2) is 25.5 Å². The van der Waals surface area contributed by atoms with Crippen molar-refractivity contribution in [2.45, 2.75) is 26.7 Å². The van der Waals surface area contributed by atoms with Crippen LogP contribution in [0.1, 0.15) is 23.5 Å². The molecule has 2 heteroatoms. The highest BCUT2D eigenvalue weighted by Gasteiger charge is 2.02. The molecule has 2 nitrogen and oxygen atoms in total. The number of hydrogen-bond acceptors (Lipinski definition) is 2. The van der Waals surface area contributed by atoms with Crippen LogP contribution in [0.5, 0.6) is 0 Å². The van der Waals surface area contributed by atoms with Crippen LogP contribution >= 0.6 is 0 Å². The van der Waals surface area contributed by atoms with Gasteiger partial charge in [0.05, 0.1) is 0 Å². The van der Waals surface area contributed by atoms with E-state index in [0.717, 1.165) is 24.5 Å². The fourth-order valence-electron chi connectivity index (χ4n) is 1.34. The molecule has 0 aliphatic heterocycles. The van der Waals surface area contributed by atoms with Crippen molar-refractivity contribution in [3.8, 4) is 0 Å². The molecule has 0 aliphatic carbocycles. The second kappa shape index (κ2) is 4.47. The molecule has 1 heterocycles. The smallest absolute Gasteiger partial charge is 0.104 e. The van der Waals surface area contributed by atoms with Crippen LogP contribution in [0, 0.1) is 13.8 Å². The molecular weight excluding hydrogens is 162 g/mol. The molecule has 1 aromatic heterocycles. The molecule has 74 valence electrons. The van der Waals surface area contributed by atoms with Gasteiger partial charge in [0.2, 0.25) is 0 Å². The van der Waals surface area contributed by atoms with Gasteiger partial charge in [0.1, 0.15) is 11.5 Å². The Morgan fingerprint density at radius 2 is 2.00 bits per heavy atom. The molecule has 1 aromatic rings. The summed E-state index contributed by atoms with van der Waals surface area (Å²) in [7, 11) is 4.19. The highest BCUT2D eigenvalue weighted by Crippen LogP contribution is 2.14. The normalized spacial score (nSPS) is 11.2. The van der Waals surface area contributed by atoms with E-state index in [1.807, 2.05) is 6.92 Å². The van der Waals surface area contributed by atoms with Gasteiger partial charge in [-0.15, -0.1) is 0 Å². The lowest BCUT2D eigenvalue weighted by molar-refractivity contribution is 0.387. The SMILES string of the molecule is Cc1cc(CCCN(C)C)oc1C. The maximum atomic E-state index is 5.58. The molecule has 0 spiro atoms. The Balaban J connectivity index is 2.37. The van der Waals surface area contributed by atoms with Gasteiger partial charge < -0.3 is 9.32 Å². The van der Waals surface area contributed by atoms with Crippen molar-refractivity contribution in [1.29, 1.82) is 0 Å². The van der Waals surface area contributed by atoms with E-state index in [-0.39, 0.29) is 0 Å². The average molecular weight is 181 g/mol. The van der Waals surface area contributed by atoms with Gasteiger partial charge in [-0.2, -0.15) is 0 Å². The van der Waals surface area contributed by atoms with Crippen LogP contribution in [0.2, 0.25) is 0 Å². The third-order valence-corrected chi connectivity index (χ3v) is 2.25. The Morgan fingerprint density at radius 1 is 1.31 bits per heavy atom. The first-order valence-electron chi connectivity index (χ1n) is 4.80. The summed E-state index contributed by atoms with van der Waals surface area (Å²) >= 11 is 0. The number of rotatable bonds is 4. The Bertz CT molecular complexity index is 244. The first-order valence-corrected chi connectivity index (χ1v) is 4.80. The minimum absolute atomic E-state index is 1.05. The van der Waals surface area contributed by atoms with Gasteiger partial charge in [-0.05, 0) is 52.5 Å². The lowest BCUT2D eigenvalue weighted by Gasteiger charge is -2.07. The van der Waals surface area contributed by atoms with E-state index in [2.05, 4.69) is 32.0 Å². The summed E-state index contributed by atoms with van der Waals surface area (Å²) in [6, 6.07) is 2.14. The quantitative estimate of drug-likeness (QED) is 0.709. The predicted molar refractivity (Wildman–Crippen MR) is 55.1 cm³/mol. The molecule has 0 bridgehead atoms. The van der Waals surface area contributed by atoms with Crippen molar-refractivity contribution in [3.63, 3.8) is 0 Å². The molecule has 0 aliphatic rings. The van der Waals surface area contributed by atoms with Crippen LogP contribution in [0.3, 0.4) is 0 Å². The summed E-state index contributed by atoms with van der Waals surface area (Å²) in [6.07, 6.45) is 2.21. The topological polar surface area (TPSA) is 16.4 Å². The van der Waals surface area contributed by atoms with Crippen molar-refractivity contribution in [3.05, 3.63) is 23.2 Å². The summed E-state index contributed by atoms with van der Waals surface area (Å²) < 4.78 is 5.58. The van der Waals surface area contributed by atoms with Crippen LogP contribution < -0.4 is 0 Å². The lowest BCUT2D eigenvalue weighted by Crippen LogP contribution is -2.13. The summed E-state index contributed by atoms with van der Waals surface area (Å²) in [5, 5.41) is 0. The van der Waals surface area contributed by atoms with Gasteiger partial charge in [0.25, 0.3) is 0 Å². The largest absolute Gasteiger partial charge is 0.466 e. The number of hydrogen-bond donors (Lipinski definition) is 0. The van der Waals surface area contributed by atoms with Crippen molar-refractivity contribution in [2.24, 2.45) is 0 Å². The molecule has 0 aromatic carbocycles. The molecule has 0 saturated carbocycles. The molecule has 0 fully saturated rings. The first kappa shape index (κ1) is 10.3. The van der Waals surface area contributed by atoms with Gasteiger partial charge in [0.15, 0.2) is 0 Å². The third kappa shape index (κ3) is 3.23. The molecule has 0 radical (unpaired) electrons. The zero-order valence-electron chi connectivity index (χ0n) is 9.05. The van der Waals surface area contributed by atoms with Crippen molar-refractivity contribution >= 4 is 0 Å². The van der Waals surface area contributed by atoms with E-state index in [4.69, 9.17) is 4.42 Å². The minimum Gasteiger partial charge on any atom is -0.466 e. The van der Waals surface area contributed by atoms with Crippen LogP contribution in [0.25, 0.3) is 0 Å². The standard InChI is InChI=1S/C11H19NO/c1-9-8-11(13-10(9)2)6-5-7-12(3)4/h8H,5-7H2,1-4H3. The van der Waals surface area contributed by atoms with Gasteiger partial charge in [0, 0.05) is 6.42 Å². The average Bonchev–Trinajstić information content (AvgIpc) is 2.30. The molecule has 13 heavy (non-hydrogen) atoms. The molecule has 1 rings (SSSR count). The van der Waals surface area contributed by atoms with E-state index in [9.17, 15) is 0 Å². The highest BCUT2D eigenvalue weighted by molar-refractivity contribution is 5.18. The third-order valence-electron chi connectivity index (χ3n) is 2.25. The molecular formula is C11H19NO. The van der Waals surface area contributed by atoms with Gasteiger partial charge >= 0.3 is 0 Å². The maximum absolute atomic E-state index is 5.58. The Hall–Kier alpha value is -0.760. The molecule has 0 atom stereocenters. The van der Waals surface area contributed by atoms with E-state index in [1.54, 1.807) is 0 Å². The monoisotopic (exact) mass is 181 g/mol. The lowest BCUT2D eigenvalue weighted by atomic mass is 10.2. The van der Waals surface area contributed by atoms with E-state index < -0.39 is 0 Å². The Morgan fingerprint density at radius 3 is 2.46 bits per heavy atom. The first-order chi connectivity index (χ1) is 6.09. The van der Waals surface area contributed by atoms with Crippen LogP contribution in [0.4, 0.5) is 0 Å². The Kier molecular flexibility index (Phi) is 3.55. The highest BCUT2D eigenvalue weighted by atomic mass is 16.3. The fourth-order valence-corrected chi connectivity index (χ4v) is 1.34. The zero-order chi connectivity index (χ0) is 9.84. The summed E-state index contributed by atoms with van der Waals surface area (Å²) in [5.41, 5.74) is 1.26. The van der Waals surface area contributed by atoms with E-state index in [1.165, 1.54) is 12.0 Å². The van der Waals surface area contributed by atoms with Crippen molar-refractivity contribution in [1.82, 2.24) is 4.90 Å². The summed E-state index contributed by atoms with van der Waals surface area (Å²) in [6.45, 7) is 5.23. The van der Waals surface area contributed by atoms with Crippen LogP contribution in [0.15, 0.2) is 10.5 Å². The van der Waals surface area contributed by atoms with Crippen molar-refractivity contribution in [2.75, 3.05) is 20.6 Å². The zero-order valence-corrected chi connectivity index (χ0v) is 9.05. The molecule has 0 amide bonds. The molecule has 0 unspecified atom stereocenters. The van der Waals surface area contributed by atoms with Crippen LogP contribution in [-0.2, 0) is 6.42 Å². The predicted octanol–water partition coefficient (Wildman–Crippen LogP) is 2.39. The fraction of sp³-hybridized carbons (Fsp3) is 0.636. The van der Waals surface area contributed by atoms with Gasteiger partial charge in [-0.3, -0.25) is 0 Å². The minimum atomic E-state index is 1.05. The maximum Gasteiger partial charge on any atom is 0.104 e. The Labute approximate surface area is 80.5 Å². The number of nitrogens with zero attached hydrogens (tertiary/aromatic N) is 1.